The Hall–Kier alpha value is -6.66. The Balaban J connectivity index is 1.18. The summed E-state index contributed by atoms with van der Waals surface area (Å²) in [4.78, 5) is 25.2. The molecule has 5 aromatic carbocycles. The van der Waals surface area contributed by atoms with Crippen molar-refractivity contribution in [1.29, 1.82) is 0 Å². The standard InChI is InChI=1S/C54H52N6/c1-51(2)53(5,6)59(49(57-51)40-20-14-10-15-21-40)47-31-45(33-55-35-47)43-28-42(39-26-24-38(25-27-39)37-18-12-9-13-19-37)29-44(30-43)46-32-48(36-56-34-46)60-50(41-22-16-11-17-23-41)58-52(3,4)54(60,7)8/h9-36H,1-8H3. The quantitative estimate of drug-likeness (QED) is 0.154. The number of aromatic nitrogens is 2. The lowest BCUT2D eigenvalue weighted by molar-refractivity contribution is 0.338. The van der Waals surface area contributed by atoms with Gasteiger partial charge in [-0.15, -0.1) is 0 Å². The Kier molecular flexibility index (Phi) is 9.42. The highest BCUT2D eigenvalue weighted by atomic mass is 15.3. The van der Waals surface area contributed by atoms with Gasteiger partial charge >= 0.3 is 0 Å². The van der Waals surface area contributed by atoms with Crippen LogP contribution in [0.3, 0.4) is 0 Å². The average molecular weight is 785 g/mol. The first-order valence-corrected chi connectivity index (χ1v) is 20.9. The van der Waals surface area contributed by atoms with E-state index < -0.39 is 0 Å². The van der Waals surface area contributed by atoms with Gasteiger partial charge in [-0.2, -0.15) is 0 Å². The summed E-state index contributed by atoms with van der Waals surface area (Å²) >= 11 is 0. The largest absolute Gasteiger partial charge is 0.317 e. The number of anilines is 2. The monoisotopic (exact) mass is 784 g/mol. The van der Waals surface area contributed by atoms with Crippen molar-refractivity contribution < 1.29 is 0 Å². The van der Waals surface area contributed by atoms with Gasteiger partial charge in [0.15, 0.2) is 0 Å². The maximum absolute atomic E-state index is 5.32. The molecule has 0 radical (unpaired) electrons. The van der Waals surface area contributed by atoms with Gasteiger partial charge in [-0.3, -0.25) is 20.0 Å². The maximum Gasteiger partial charge on any atom is 0.136 e. The molecule has 0 amide bonds. The lowest BCUT2D eigenvalue weighted by atomic mass is 9.83. The summed E-state index contributed by atoms with van der Waals surface area (Å²) in [7, 11) is 0. The number of benzene rings is 5. The van der Waals surface area contributed by atoms with Crippen LogP contribution in [0.1, 0.15) is 66.5 Å². The van der Waals surface area contributed by atoms with E-state index in [1.807, 2.05) is 24.8 Å². The minimum Gasteiger partial charge on any atom is -0.317 e. The van der Waals surface area contributed by atoms with Crippen LogP contribution >= 0.6 is 0 Å². The third-order valence-corrected chi connectivity index (χ3v) is 13.3. The van der Waals surface area contributed by atoms with Gasteiger partial charge in [0.2, 0.25) is 0 Å². The summed E-state index contributed by atoms with van der Waals surface area (Å²) < 4.78 is 0. The van der Waals surface area contributed by atoms with Gasteiger partial charge in [0.1, 0.15) is 11.7 Å². The van der Waals surface area contributed by atoms with Crippen molar-refractivity contribution in [2.24, 2.45) is 9.98 Å². The van der Waals surface area contributed by atoms with E-state index in [9.17, 15) is 0 Å². The van der Waals surface area contributed by atoms with Crippen LogP contribution in [0.25, 0.3) is 44.5 Å². The molecular formula is C54H52N6. The molecule has 0 spiro atoms. The van der Waals surface area contributed by atoms with E-state index in [0.717, 1.165) is 67.6 Å². The summed E-state index contributed by atoms with van der Waals surface area (Å²) in [5.74, 6) is 1.90. The molecule has 0 saturated carbocycles. The zero-order valence-electron chi connectivity index (χ0n) is 35.8. The number of hydrogen-bond donors (Lipinski definition) is 0. The average Bonchev–Trinajstić information content (AvgIpc) is 3.59. The Morgan fingerprint density at radius 3 is 1.02 bits per heavy atom. The van der Waals surface area contributed by atoms with Crippen LogP contribution in [0.4, 0.5) is 11.4 Å². The van der Waals surface area contributed by atoms with Crippen molar-refractivity contribution in [3.63, 3.8) is 0 Å². The Bertz CT molecular complexity index is 2600. The fourth-order valence-corrected chi connectivity index (χ4v) is 8.46. The minimum atomic E-state index is -0.338. The molecule has 2 aliphatic heterocycles. The molecule has 0 atom stereocenters. The van der Waals surface area contributed by atoms with Gasteiger partial charge < -0.3 is 9.80 Å². The summed E-state index contributed by atoms with van der Waals surface area (Å²) in [5, 5.41) is 0. The van der Waals surface area contributed by atoms with Gasteiger partial charge in [0, 0.05) is 34.6 Å². The SMILES string of the molecule is CC1(C)N=C(c2ccccc2)N(c2cncc(-c3cc(-c4ccc(-c5ccccc5)cc4)cc(-c4cncc(N5C(c6ccccc6)=NC(C)(C)C5(C)C)c4)c3)c2)C1(C)C. The van der Waals surface area contributed by atoms with E-state index >= 15 is 0 Å². The third-order valence-electron chi connectivity index (χ3n) is 13.3. The predicted molar refractivity (Wildman–Crippen MR) is 251 cm³/mol. The molecule has 60 heavy (non-hydrogen) atoms. The van der Waals surface area contributed by atoms with Crippen molar-refractivity contribution in [3.05, 3.63) is 182 Å². The molecule has 0 aliphatic carbocycles. The number of hydrogen-bond acceptors (Lipinski definition) is 6. The highest BCUT2D eigenvalue weighted by Gasteiger charge is 2.51. The van der Waals surface area contributed by atoms with Gasteiger partial charge in [0.05, 0.1) is 45.9 Å². The second kappa shape index (κ2) is 14.6. The molecule has 298 valence electrons. The first-order valence-electron chi connectivity index (χ1n) is 20.9. The molecule has 0 N–H and O–H groups in total. The number of nitrogens with zero attached hydrogens (tertiary/aromatic N) is 6. The molecular weight excluding hydrogens is 733 g/mol. The van der Waals surface area contributed by atoms with Gasteiger partial charge in [-0.25, -0.2) is 0 Å². The van der Waals surface area contributed by atoms with Crippen LogP contribution < -0.4 is 9.80 Å². The number of rotatable bonds is 8. The molecule has 6 nitrogen and oxygen atoms in total. The van der Waals surface area contributed by atoms with Crippen LogP contribution in [0, 0.1) is 0 Å². The molecule has 2 aliphatic rings. The summed E-state index contributed by atoms with van der Waals surface area (Å²) in [5.41, 5.74) is 11.7. The second-order valence-corrected chi connectivity index (χ2v) is 18.1. The number of pyridine rings is 2. The summed E-state index contributed by atoms with van der Waals surface area (Å²) in [6, 6.07) is 51.8. The molecule has 7 aromatic rings. The fourth-order valence-electron chi connectivity index (χ4n) is 8.46. The first-order chi connectivity index (χ1) is 28.7. The highest BCUT2D eigenvalue weighted by molar-refractivity contribution is 6.14. The van der Waals surface area contributed by atoms with Gasteiger partial charge in [-0.1, -0.05) is 115 Å². The zero-order chi connectivity index (χ0) is 41.9. The predicted octanol–water partition coefficient (Wildman–Crippen LogP) is 12.8. The lowest BCUT2D eigenvalue weighted by Gasteiger charge is -2.41. The number of aliphatic imine (C=N–C) groups is 2. The van der Waals surface area contributed by atoms with Crippen molar-refractivity contribution >= 4 is 23.0 Å². The van der Waals surface area contributed by atoms with Crippen LogP contribution in [0.2, 0.25) is 0 Å². The molecule has 0 fully saturated rings. The van der Waals surface area contributed by atoms with Gasteiger partial charge in [-0.05, 0) is 119 Å². The van der Waals surface area contributed by atoms with E-state index in [4.69, 9.17) is 20.0 Å². The molecule has 6 heteroatoms. The van der Waals surface area contributed by atoms with E-state index in [1.54, 1.807) is 0 Å². The van der Waals surface area contributed by atoms with Gasteiger partial charge in [0.25, 0.3) is 0 Å². The maximum atomic E-state index is 5.32. The van der Waals surface area contributed by atoms with Crippen molar-refractivity contribution in [3.8, 4) is 44.5 Å². The van der Waals surface area contributed by atoms with E-state index in [0.29, 0.717) is 0 Å². The molecule has 0 saturated heterocycles. The Morgan fingerprint density at radius 1 is 0.317 bits per heavy atom. The fraction of sp³-hybridized carbons (Fsp3) is 0.222. The third kappa shape index (κ3) is 6.70. The highest BCUT2D eigenvalue weighted by Crippen LogP contribution is 2.45. The Morgan fingerprint density at radius 2 is 0.633 bits per heavy atom. The van der Waals surface area contributed by atoms with E-state index in [1.165, 1.54) is 11.1 Å². The topological polar surface area (TPSA) is 57.0 Å². The van der Waals surface area contributed by atoms with Crippen LogP contribution in [-0.4, -0.2) is 43.8 Å². The molecule has 0 bridgehead atoms. The van der Waals surface area contributed by atoms with E-state index in [-0.39, 0.29) is 22.2 Å². The van der Waals surface area contributed by atoms with Crippen LogP contribution in [0.5, 0.6) is 0 Å². The molecule has 2 aromatic heterocycles. The van der Waals surface area contributed by atoms with Crippen molar-refractivity contribution in [2.45, 2.75) is 77.5 Å². The number of amidine groups is 2. The van der Waals surface area contributed by atoms with Crippen LogP contribution in [-0.2, 0) is 0 Å². The Labute approximate surface area is 355 Å². The molecule has 0 unspecified atom stereocenters. The summed E-state index contributed by atoms with van der Waals surface area (Å²) in [6.07, 6.45) is 7.89. The van der Waals surface area contributed by atoms with Crippen molar-refractivity contribution in [1.82, 2.24) is 9.97 Å². The normalized spacial score (nSPS) is 17.3. The minimum absolute atomic E-state index is 0.322. The smallest absolute Gasteiger partial charge is 0.136 e. The first kappa shape index (κ1) is 38.8. The van der Waals surface area contributed by atoms with Crippen molar-refractivity contribution in [2.75, 3.05) is 9.80 Å². The van der Waals surface area contributed by atoms with Crippen LogP contribution in [0.15, 0.2) is 180 Å². The second-order valence-electron chi connectivity index (χ2n) is 18.1. The van der Waals surface area contributed by atoms with E-state index in [2.05, 4.69) is 211 Å². The summed E-state index contributed by atoms with van der Waals surface area (Å²) in [6.45, 7) is 17.9. The zero-order valence-corrected chi connectivity index (χ0v) is 35.8. The molecule has 9 rings (SSSR count). The molecule has 4 heterocycles. The lowest BCUT2D eigenvalue weighted by Crippen LogP contribution is -2.53.